The zero-order chi connectivity index (χ0) is 22.2. The fourth-order valence-electron chi connectivity index (χ4n) is 5.73. The smallest absolute Gasteiger partial charge is 0.272 e. The molecule has 0 unspecified atom stereocenters. The van der Waals surface area contributed by atoms with Crippen molar-refractivity contribution >= 4 is 11.6 Å². The van der Waals surface area contributed by atoms with E-state index in [4.69, 9.17) is 4.98 Å². The molecular formula is C25H35N5O2. The molecule has 7 heteroatoms. The van der Waals surface area contributed by atoms with Crippen LogP contribution in [0.25, 0.3) is 5.65 Å². The molecule has 5 rings (SSSR count). The number of aromatic amines is 1. The molecule has 2 aromatic rings. The lowest BCUT2D eigenvalue weighted by Crippen LogP contribution is -2.38. The lowest BCUT2D eigenvalue weighted by Gasteiger charge is -2.34. The van der Waals surface area contributed by atoms with Crippen molar-refractivity contribution in [2.24, 2.45) is 5.92 Å². The van der Waals surface area contributed by atoms with E-state index in [0.717, 1.165) is 76.0 Å². The topological polar surface area (TPSA) is 73.7 Å². The van der Waals surface area contributed by atoms with Crippen LogP contribution in [0.15, 0.2) is 29.1 Å². The normalized spacial score (nSPS) is 25.3. The van der Waals surface area contributed by atoms with Crippen LogP contribution in [0.4, 0.5) is 0 Å². The van der Waals surface area contributed by atoms with Crippen LogP contribution in [-0.4, -0.2) is 56.0 Å². The number of hydrogen-bond donors (Lipinski definition) is 1. The number of fused-ring (bicyclic) bond motifs is 1. The highest BCUT2D eigenvalue weighted by molar-refractivity contribution is 5.80. The number of aromatic nitrogens is 3. The van der Waals surface area contributed by atoms with Crippen LogP contribution >= 0.6 is 0 Å². The number of allylic oxidation sites excluding steroid dienone is 2. The number of carbonyl (C=O) groups is 1. The van der Waals surface area contributed by atoms with Crippen molar-refractivity contribution in [2.75, 3.05) is 19.6 Å². The van der Waals surface area contributed by atoms with Gasteiger partial charge in [0.25, 0.3) is 5.56 Å². The van der Waals surface area contributed by atoms with E-state index in [9.17, 15) is 9.59 Å². The summed E-state index contributed by atoms with van der Waals surface area (Å²) < 4.78 is 1.55. The van der Waals surface area contributed by atoms with Crippen molar-refractivity contribution < 1.29 is 4.79 Å². The molecule has 2 aliphatic heterocycles. The van der Waals surface area contributed by atoms with E-state index in [1.807, 2.05) is 11.0 Å². The van der Waals surface area contributed by atoms with Crippen LogP contribution in [-0.2, 0) is 4.79 Å². The van der Waals surface area contributed by atoms with E-state index >= 15 is 0 Å². The number of H-pyrrole nitrogens is 1. The van der Waals surface area contributed by atoms with Gasteiger partial charge < -0.3 is 9.80 Å². The van der Waals surface area contributed by atoms with Crippen molar-refractivity contribution in [1.29, 1.82) is 0 Å². The standard InChI is InChI=1S/C25H35N5O2/c1-17(2)28-13-10-18(11-14-28)20-16-24(31)30-23(26-20)15-21(27-30)22-9-6-12-29(22)25(32)19-7-4-3-5-8-19/h3-4,15-19,22,27H,5-14H2,1-2H3/t19-,22+/m1/s1. The second kappa shape index (κ2) is 8.85. The fourth-order valence-corrected chi connectivity index (χ4v) is 5.73. The van der Waals surface area contributed by atoms with Gasteiger partial charge in [-0.3, -0.25) is 14.7 Å². The molecule has 0 radical (unpaired) electrons. The Morgan fingerprint density at radius 2 is 1.91 bits per heavy atom. The van der Waals surface area contributed by atoms with Gasteiger partial charge in [0.15, 0.2) is 5.65 Å². The van der Waals surface area contributed by atoms with E-state index < -0.39 is 0 Å². The number of piperidine rings is 1. The van der Waals surface area contributed by atoms with Crippen LogP contribution in [0.2, 0.25) is 0 Å². The van der Waals surface area contributed by atoms with Crippen molar-refractivity contribution in [3.05, 3.63) is 46.0 Å². The molecule has 0 saturated carbocycles. The van der Waals surface area contributed by atoms with Gasteiger partial charge >= 0.3 is 0 Å². The number of rotatable bonds is 4. The molecular weight excluding hydrogens is 402 g/mol. The number of nitrogens with one attached hydrogen (secondary N) is 1. The first-order valence-electron chi connectivity index (χ1n) is 12.3. The Hall–Kier alpha value is -2.41. The number of hydrogen-bond acceptors (Lipinski definition) is 4. The molecule has 0 spiro atoms. The molecule has 3 aliphatic rings. The first-order chi connectivity index (χ1) is 15.5. The van der Waals surface area contributed by atoms with Crippen molar-refractivity contribution in [3.8, 4) is 0 Å². The summed E-state index contributed by atoms with van der Waals surface area (Å²) in [6.07, 6.45) is 11.1. The van der Waals surface area contributed by atoms with Gasteiger partial charge in [-0.15, -0.1) is 0 Å². The molecule has 1 N–H and O–H groups in total. The third-order valence-electron chi connectivity index (χ3n) is 7.68. The first-order valence-corrected chi connectivity index (χ1v) is 12.3. The lowest BCUT2D eigenvalue weighted by atomic mass is 9.92. The summed E-state index contributed by atoms with van der Waals surface area (Å²) in [4.78, 5) is 35.5. The molecule has 172 valence electrons. The quantitative estimate of drug-likeness (QED) is 0.742. The Morgan fingerprint density at radius 3 is 2.62 bits per heavy atom. The maximum absolute atomic E-state index is 13.2. The summed E-state index contributed by atoms with van der Waals surface area (Å²) >= 11 is 0. The predicted octanol–water partition coefficient (Wildman–Crippen LogP) is 3.63. The highest BCUT2D eigenvalue weighted by atomic mass is 16.2. The van der Waals surface area contributed by atoms with Gasteiger partial charge in [0.05, 0.1) is 17.4 Å². The first kappa shape index (κ1) is 21.4. The SMILES string of the molecule is CC(C)N1CCC(c2cc(=O)n3[nH]c([C@@H]4CCCN4C(=O)[C@@H]4CC=CCC4)cc3n2)CC1. The van der Waals surface area contributed by atoms with Crippen LogP contribution in [0.1, 0.15) is 82.1 Å². The summed E-state index contributed by atoms with van der Waals surface area (Å²) in [6, 6.07) is 4.26. The van der Waals surface area contributed by atoms with Crippen LogP contribution in [0, 0.1) is 5.92 Å². The minimum atomic E-state index is -0.0594. The van der Waals surface area contributed by atoms with Gasteiger partial charge in [0.1, 0.15) is 0 Å². The molecule has 7 nitrogen and oxygen atoms in total. The third kappa shape index (κ3) is 4.03. The zero-order valence-corrected chi connectivity index (χ0v) is 19.3. The molecule has 1 amide bonds. The largest absolute Gasteiger partial charge is 0.334 e. The van der Waals surface area contributed by atoms with Gasteiger partial charge in [-0.25, -0.2) is 9.50 Å². The molecule has 0 bridgehead atoms. The average molecular weight is 438 g/mol. The number of nitrogens with zero attached hydrogens (tertiary/aromatic N) is 4. The molecule has 1 aliphatic carbocycles. The third-order valence-corrected chi connectivity index (χ3v) is 7.68. The summed E-state index contributed by atoms with van der Waals surface area (Å²) in [5.41, 5.74) is 2.46. The Morgan fingerprint density at radius 1 is 1.09 bits per heavy atom. The Balaban J connectivity index is 1.37. The highest BCUT2D eigenvalue weighted by Crippen LogP contribution is 2.35. The van der Waals surface area contributed by atoms with E-state index in [1.54, 1.807) is 10.6 Å². The van der Waals surface area contributed by atoms with Crippen LogP contribution < -0.4 is 5.56 Å². The second-order valence-corrected chi connectivity index (χ2v) is 10.00. The molecule has 0 aromatic carbocycles. The number of likely N-dealkylation sites (tertiary alicyclic amines) is 2. The van der Waals surface area contributed by atoms with E-state index in [0.29, 0.717) is 17.6 Å². The molecule has 4 heterocycles. The maximum atomic E-state index is 13.2. The molecule has 2 aromatic heterocycles. The number of carbonyl (C=O) groups excluding carboxylic acids is 1. The molecule has 32 heavy (non-hydrogen) atoms. The summed E-state index contributed by atoms with van der Waals surface area (Å²) in [5, 5.41) is 3.27. The summed E-state index contributed by atoms with van der Waals surface area (Å²) in [7, 11) is 0. The van der Waals surface area contributed by atoms with Crippen LogP contribution in [0.3, 0.4) is 0 Å². The second-order valence-electron chi connectivity index (χ2n) is 10.00. The maximum Gasteiger partial charge on any atom is 0.272 e. The minimum Gasteiger partial charge on any atom is -0.334 e. The summed E-state index contributed by atoms with van der Waals surface area (Å²) in [5.74, 6) is 0.688. The Kier molecular flexibility index (Phi) is 5.93. The van der Waals surface area contributed by atoms with Gasteiger partial charge in [0, 0.05) is 36.6 Å². The van der Waals surface area contributed by atoms with Crippen molar-refractivity contribution in [3.63, 3.8) is 0 Å². The van der Waals surface area contributed by atoms with Gasteiger partial charge in [-0.1, -0.05) is 12.2 Å². The van der Waals surface area contributed by atoms with E-state index in [2.05, 4.69) is 36.0 Å². The molecule has 2 atom stereocenters. The van der Waals surface area contributed by atoms with Crippen molar-refractivity contribution in [2.45, 2.75) is 76.8 Å². The summed E-state index contributed by atoms with van der Waals surface area (Å²) in [6.45, 7) is 7.37. The molecule has 2 fully saturated rings. The zero-order valence-electron chi connectivity index (χ0n) is 19.3. The average Bonchev–Trinajstić information content (AvgIpc) is 3.46. The monoisotopic (exact) mass is 437 g/mol. The lowest BCUT2D eigenvalue weighted by molar-refractivity contribution is -0.136. The van der Waals surface area contributed by atoms with Gasteiger partial charge in [-0.2, -0.15) is 0 Å². The predicted molar refractivity (Wildman–Crippen MR) is 125 cm³/mol. The van der Waals surface area contributed by atoms with Crippen molar-refractivity contribution in [1.82, 2.24) is 24.4 Å². The Bertz CT molecular complexity index is 1060. The van der Waals surface area contributed by atoms with E-state index in [1.165, 1.54) is 0 Å². The van der Waals surface area contributed by atoms with Crippen LogP contribution in [0.5, 0.6) is 0 Å². The van der Waals surface area contributed by atoms with E-state index in [-0.39, 0.29) is 23.4 Å². The highest BCUT2D eigenvalue weighted by Gasteiger charge is 2.35. The Labute approximate surface area is 189 Å². The minimum absolute atomic E-state index is 0.00670. The van der Waals surface area contributed by atoms with Gasteiger partial charge in [-0.05, 0) is 71.9 Å². The fraction of sp³-hybridized carbons (Fsp3) is 0.640. The van der Waals surface area contributed by atoms with Gasteiger partial charge in [0.2, 0.25) is 5.91 Å². The molecule has 2 saturated heterocycles. The number of amides is 1.